The molecule has 0 saturated heterocycles. The van der Waals surface area contributed by atoms with Gasteiger partial charge < -0.3 is 9.80 Å². The highest BCUT2D eigenvalue weighted by atomic mass is 15.2. The van der Waals surface area contributed by atoms with E-state index in [1.54, 1.807) is 0 Å². The smallest absolute Gasteiger partial charge is 0.0505 e. The van der Waals surface area contributed by atoms with Gasteiger partial charge in [-0.25, -0.2) is 0 Å². The molecule has 66 heavy (non-hydrogen) atoms. The summed E-state index contributed by atoms with van der Waals surface area (Å²) in [5, 5.41) is 0. The lowest BCUT2D eigenvalue weighted by Crippen LogP contribution is -2.34. The molecule has 0 N–H and O–H groups in total. The maximum absolute atomic E-state index is 2.61. The fraction of sp³-hybridized carbons (Fsp3) is 0.156. The van der Waals surface area contributed by atoms with Gasteiger partial charge in [-0.15, -0.1) is 0 Å². The minimum Gasteiger partial charge on any atom is -0.310 e. The van der Waals surface area contributed by atoms with Gasteiger partial charge >= 0.3 is 0 Å². The van der Waals surface area contributed by atoms with Crippen LogP contribution in [0.2, 0.25) is 0 Å². The van der Waals surface area contributed by atoms with E-state index >= 15 is 0 Å². The number of benzene rings is 9. The Bertz CT molecular complexity index is 3290. The fourth-order valence-corrected chi connectivity index (χ4v) is 13.3. The summed E-state index contributed by atoms with van der Waals surface area (Å²) in [6.45, 7) is 4.84. The molecule has 0 amide bonds. The van der Waals surface area contributed by atoms with Crippen LogP contribution in [0, 0.1) is 11.8 Å². The lowest BCUT2D eigenvalue weighted by Gasteiger charge is -2.40. The standard InChI is InChI=1S/C64H52N2/c1-63(2)56-32-18-31-54(44-21-9-4-10-22-44)60(56)55-38-37-53(42-57(55)63)66(51-28-13-6-14-29-51)59-34-17-25-47-40-49-36-35-48-39-46-24-16-33-58(61(46)64(48,49)62(47)59)65(50-26-11-5-12-27-50)52-30-15-23-45(41-52)43-19-7-3-8-20-43/h3-34,37-38,41-42,48-49H,35-36,39-40H2,1-2H3. The van der Waals surface area contributed by atoms with Crippen molar-refractivity contribution >= 4 is 34.1 Å². The van der Waals surface area contributed by atoms with Crippen molar-refractivity contribution in [3.63, 3.8) is 0 Å². The van der Waals surface area contributed by atoms with E-state index in [0.29, 0.717) is 11.8 Å². The predicted molar refractivity (Wildman–Crippen MR) is 275 cm³/mol. The van der Waals surface area contributed by atoms with Gasteiger partial charge in [0.05, 0.1) is 11.4 Å². The first-order valence-corrected chi connectivity index (χ1v) is 23.9. The molecule has 0 aromatic heterocycles. The third kappa shape index (κ3) is 5.73. The van der Waals surface area contributed by atoms with Crippen LogP contribution in [0.3, 0.4) is 0 Å². The molecule has 4 aliphatic carbocycles. The molecular weight excluding hydrogens is 797 g/mol. The average Bonchev–Trinajstić information content (AvgIpc) is 4.07. The highest BCUT2D eigenvalue weighted by molar-refractivity contribution is 5.95. The lowest BCUT2D eigenvalue weighted by atomic mass is 9.68. The van der Waals surface area contributed by atoms with Crippen molar-refractivity contribution in [1.82, 2.24) is 0 Å². The zero-order valence-corrected chi connectivity index (χ0v) is 37.7. The van der Waals surface area contributed by atoms with Crippen molar-refractivity contribution in [3.8, 4) is 33.4 Å². The maximum atomic E-state index is 2.61. The van der Waals surface area contributed by atoms with Gasteiger partial charge in [0.2, 0.25) is 0 Å². The van der Waals surface area contributed by atoms with Crippen LogP contribution in [0.5, 0.6) is 0 Å². The first kappa shape index (κ1) is 39.0. The van der Waals surface area contributed by atoms with Crippen LogP contribution in [0.25, 0.3) is 33.4 Å². The molecule has 13 rings (SSSR count). The minimum atomic E-state index is -0.176. The average molecular weight is 849 g/mol. The SMILES string of the molecule is CC1(C)c2cc(N(c3ccccc3)c3cccc4c3C35c6c(cccc6N(c6ccccc6)c6cccc(-c7ccccc7)c6)CC3CCC5C4)ccc2-c2c(-c3ccccc3)cccc21. The van der Waals surface area contributed by atoms with E-state index in [0.717, 1.165) is 12.8 Å². The Balaban J connectivity index is 1.02. The molecule has 0 radical (unpaired) electrons. The molecule has 318 valence electrons. The lowest BCUT2D eigenvalue weighted by molar-refractivity contribution is 0.350. The molecule has 3 unspecified atom stereocenters. The van der Waals surface area contributed by atoms with Crippen molar-refractivity contribution in [2.75, 3.05) is 9.80 Å². The van der Waals surface area contributed by atoms with Gasteiger partial charge in [0.1, 0.15) is 0 Å². The number of para-hydroxylation sites is 2. The molecular formula is C64H52N2. The molecule has 0 heterocycles. The molecule has 1 spiro atoms. The summed E-state index contributed by atoms with van der Waals surface area (Å²) in [6.07, 6.45) is 4.67. The molecule has 2 nitrogen and oxygen atoms in total. The molecule has 1 saturated carbocycles. The Morgan fingerprint density at radius 1 is 0.379 bits per heavy atom. The summed E-state index contributed by atoms with van der Waals surface area (Å²) in [7, 11) is 0. The van der Waals surface area contributed by atoms with Crippen LogP contribution in [0.1, 0.15) is 60.1 Å². The Morgan fingerprint density at radius 3 is 1.45 bits per heavy atom. The molecule has 2 heteroatoms. The zero-order valence-electron chi connectivity index (χ0n) is 37.7. The third-order valence-corrected chi connectivity index (χ3v) is 15.9. The summed E-state index contributed by atoms with van der Waals surface area (Å²) in [4.78, 5) is 5.18. The van der Waals surface area contributed by atoms with Crippen LogP contribution in [-0.2, 0) is 23.7 Å². The monoisotopic (exact) mass is 848 g/mol. The van der Waals surface area contributed by atoms with E-state index in [1.807, 2.05) is 0 Å². The highest BCUT2D eigenvalue weighted by Gasteiger charge is 2.62. The second-order valence-electron chi connectivity index (χ2n) is 19.6. The second kappa shape index (κ2) is 15.1. The predicted octanol–water partition coefficient (Wildman–Crippen LogP) is 16.7. The Hall–Kier alpha value is -7.42. The number of anilines is 6. The van der Waals surface area contributed by atoms with Gasteiger partial charge in [-0.3, -0.25) is 0 Å². The quantitative estimate of drug-likeness (QED) is 0.150. The molecule has 4 aliphatic rings. The normalized spacial score (nSPS) is 19.0. The summed E-state index contributed by atoms with van der Waals surface area (Å²) in [5.74, 6) is 1.02. The Morgan fingerprint density at radius 2 is 0.864 bits per heavy atom. The molecule has 3 atom stereocenters. The number of fused-ring (bicyclic) bond motifs is 5. The van der Waals surface area contributed by atoms with E-state index in [2.05, 4.69) is 242 Å². The van der Waals surface area contributed by atoms with Crippen LogP contribution in [0.15, 0.2) is 218 Å². The van der Waals surface area contributed by atoms with E-state index in [1.165, 1.54) is 114 Å². The molecule has 9 aromatic rings. The first-order valence-electron chi connectivity index (χ1n) is 23.9. The number of hydrogen-bond donors (Lipinski definition) is 0. The van der Waals surface area contributed by atoms with Gasteiger partial charge in [-0.2, -0.15) is 0 Å². The maximum Gasteiger partial charge on any atom is 0.0505 e. The van der Waals surface area contributed by atoms with Crippen LogP contribution < -0.4 is 9.80 Å². The van der Waals surface area contributed by atoms with Gasteiger partial charge in [-0.1, -0.05) is 172 Å². The van der Waals surface area contributed by atoms with Crippen LogP contribution in [-0.4, -0.2) is 0 Å². The number of hydrogen-bond acceptors (Lipinski definition) is 2. The fourth-order valence-electron chi connectivity index (χ4n) is 13.3. The van der Waals surface area contributed by atoms with Gasteiger partial charge in [0.25, 0.3) is 0 Å². The molecule has 0 bridgehead atoms. The van der Waals surface area contributed by atoms with Gasteiger partial charge in [0, 0.05) is 33.6 Å². The largest absolute Gasteiger partial charge is 0.310 e. The van der Waals surface area contributed by atoms with Crippen LogP contribution >= 0.6 is 0 Å². The van der Waals surface area contributed by atoms with Crippen molar-refractivity contribution in [2.24, 2.45) is 11.8 Å². The van der Waals surface area contributed by atoms with Gasteiger partial charge in [0.15, 0.2) is 0 Å². The van der Waals surface area contributed by atoms with Crippen molar-refractivity contribution < 1.29 is 0 Å². The number of nitrogens with zero attached hydrogens (tertiary/aromatic N) is 2. The van der Waals surface area contributed by atoms with Gasteiger partial charge in [-0.05, 0) is 165 Å². The summed E-state index contributed by atoms with van der Waals surface area (Å²) in [6, 6.07) is 81.8. The molecule has 9 aromatic carbocycles. The van der Waals surface area contributed by atoms with E-state index in [-0.39, 0.29) is 10.8 Å². The zero-order chi connectivity index (χ0) is 44.0. The Labute approximate surface area is 389 Å². The molecule has 0 aliphatic heterocycles. The van der Waals surface area contributed by atoms with Crippen molar-refractivity contribution in [2.45, 2.75) is 50.4 Å². The van der Waals surface area contributed by atoms with E-state index in [9.17, 15) is 0 Å². The summed E-state index contributed by atoms with van der Waals surface area (Å²) < 4.78 is 0. The Kier molecular flexibility index (Phi) is 8.90. The molecule has 1 fully saturated rings. The topological polar surface area (TPSA) is 6.48 Å². The van der Waals surface area contributed by atoms with Crippen molar-refractivity contribution in [1.29, 1.82) is 0 Å². The number of rotatable bonds is 8. The third-order valence-electron chi connectivity index (χ3n) is 15.9. The second-order valence-corrected chi connectivity index (χ2v) is 19.6. The first-order chi connectivity index (χ1) is 32.5. The van der Waals surface area contributed by atoms with Crippen molar-refractivity contribution in [3.05, 3.63) is 252 Å². The minimum absolute atomic E-state index is 0.147. The van der Waals surface area contributed by atoms with E-state index in [4.69, 9.17) is 0 Å². The summed E-state index contributed by atoms with van der Waals surface area (Å²) >= 11 is 0. The summed E-state index contributed by atoms with van der Waals surface area (Å²) in [5.41, 5.74) is 23.6. The van der Waals surface area contributed by atoms with E-state index < -0.39 is 0 Å². The van der Waals surface area contributed by atoms with Crippen LogP contribution in [0.4, 0.5) is 34.1 Å². The highest BCUT2D eigenvalue weighted by Crippen LogP contribution is 2.69.